The van der Waals surface area contributed by atoms with Gasteiger partial charge in [0.2, 0.25) is 0 Å². The molecule has 0 radical (unpaired) electrons. The summed E-state index contributed by atoms with van der Waals surface area (Å²) in [7, 11) is 0. The van der Waals surface area contributed by atoms with Gasteiger partial charge >= 0.3 is 0 Å². The quantitative estimate of drug-likeness (QED) is 0.656. The first-order valence-corrected chi connectivity index (χ1v) is 6.35. The van der Waals surface area contributed by atoms with E-state index in [1.165, 1.54) is 16.7 Å². The van der Waals surface area contributed by atoms with Gasteiger partial charge in [-0.05, 0) is 22.8 Å². The Balaban J connectivity index is 2.21. The summed E-state index contributed by atoms with van der Waals surface area (Å²) < 4.78 is 0. The van der Waals surface area contributed by atoms with Gasteiger partial charge in [-0.3, -0.25) is 0 Å². The number of hydrogen-bond acceptors (Lipinski definition) is 1. The lowest BCUT2D eigenvalue weighted by Crippen LogP contribution is -1.91. The fourth-order valence-corrected chi connectivity index (χ4v) is 2.33. The Morgan fingerprint density at radius 2 is 1.00 bits per heavy atom. The number of para-hydroxylation sites is 1. The molecule has 0 aliphatic heterocycles. The third-order valence-electron chi connectivity index (χ3n) is 3.26. The van der Waals surface area contributed by atoms with Crippen molar-refractivity contribution < 1.29 is 0 Å². The smallest absolute Gasteiger partial charge is 0.0393 e. The van der Waals surface area contributed by atoms with Crippen LogP contribution in [0.4, 0.5) is 5.69 Å². The van der Waals surface area contributed by atoms with Crippen molar-refractivity contribution in [3.8, 4) is 22.3 Å². The molecule has 19 heavy (non-hydrogen) atoms. The van der Waals surface area contributed by atoms with Crippen molar-refractivity contribution in [2.45, 2.75) is 0 Å². The first-order chi connectivity index (χ1) is 9.36. The molecule has 0 heterocycles. The monoisotopic (exact) mass is 245 g/mol. The van der Waals surface area contributed by atoms with E-state index in [1.807, 2.05) is 30.3 Å². The molecule has 0 aromatic heterocycles. The molecule has 1 nitrogen and oxygen atoms in total. The summed E-state index contributed by atoms with van der Waals surface area (Å²) in [4.78, 5) is 0. The molecule has 2 N–H and O–H groups in total. The molecule has 0 spiro atoms. The lowest BCUT2D eigenvalue weighted by molar-refractivity contribution is 1.58. The maximum atomic E-state index is 6.10. The minimum Gasteiger partial charge on any atom is -0.398 e. The molecule has 0 bridgehead atoms. The van der Waals surface area contributed by atoms with Gasteiger partial charge in [0.25, 0.3) is 0 Å². The summed E-state index contributed by atoms with van der Waals surface area (Å²) in [5.74, 6) is 0. The van der Waals surface area contributed by atoms with Gasteiger partial charge in [0.05, 0.1) is 0 Å². The van der Waals surface area contributed by atoms with Gasteiger partial charge in [0.15, 0.2) is 0 Å². The molecule has 0 unspecified atom stereocenters. The van der Waals surface area contributed by atoms with Crippen LogP contribution in [0.5, 0.6) is 0 Å². The molecule has 0 aliphatic rings. The minimum atomic E-state index is 0.811. The minimum absolute atomic E-state index is 0.811. The average molecular weight is 245 g/mol. The van der Waals surface area contributed by atoms with Crippen LogP contribution in [-0.2, 0) is 0 Å². The highest BCUT2D eigenvalue weighted by Gasteiger charge is 2.08. The van der Waals surface area contributed by atoms with Crippen molar-refractivity contribution in [1.82, 2.24) is 0 Å². The molecule has 0 aliphatic carbocycles. The van der Waals surface area contributed by atoms with Crippen LogP contribution in [0.3, 0.4) is 0 Å². The molecule has 92 valence electrons. The Bertz CT molecular complexity index is 687. The van der Waals surface area contributed by atoms with Gasteiger partial charge in [0, 0.05) is 11.3 Å². The van der Waals surface area contributed by atoms with Crippen LogP contribution in [-0.4, -0.2) is 0 Å². The lowest BCUT2D eigenvalue weighted by atomic mass is 9.94. The van der Waals surface area contributed by atoms with Crippen molar-refractivity contribution in [1.29, 1.82) is 0 Å². The van der Waals surface area contributed by atoms with E-state index in [0.717, 1.165) is 11.3 Å². The summed E-state index contributed by atoms with van der Waals surface area (Å²) in [6.07, 6.45) is 0. The maximum absolute atomic E-state index is 6.10. The van der Waals surface area contributed by atoms with E-state index in [9.17, 15) is 0 Å². The van der Waals surface area contributed by atoms with E-state index in [-0.39, 0.29) is 0 Å². The van der Waals surface area contributed by atoms with Gasteiger partial charge in [-0.15, -0.1) is 0 Å². The zero-order valence-corrected chi connectivity index (χ0v) is 10.6. The number of hydrogen-bond donors (Lipinski definition) is 1. The molecular formula is C18H15N. The van der Waals surface area contributed by atoms with Crippen LogP contribution in [0.2, 0.25) is 0 Å². The molecule has 3 aromatic carbocycles. The predicted octanol–water partition coefficient (Wildman–Crippen LogP) is 4.60. The Hall–Kier alpha value is -2.54. The highest BCUT2D eigenvalue weighted by Crippen LogP contribution is 2.34. The van der Waals surface area contributed by atoms with Crippen molar-refractivity contribution in [2.75, 3.05) is 5.73 Å². The highest BCUT2D eigenvalue weighted by atomic mass is 14.6. The largest absolute Gasteiger partial charge is 0.398 e. The van der Waals surface area contributed by atoms with Gasteiger partial charge in [-0.2, -0.15) is 0 Å². The van der Waals surface area contributed by atoms with Crippen LogP contribution in [0, 0.1) is 0 Å². The first-order valence-electron chi connectivity index (χ1n) is 6.35. The van der Waals surface area contributed by atoms with Crippen LogP contribution in [0.25, 0.3) is 22.3 Å². The number of anilines is 1. The third-order valence-corrected chi connectivity index (χ3v) is 3.26. The molecule has 3 rings (SSSR count). The molecule has 0 saturated heterocycles. The Morgan fingerprint density at radius 1 is 0.474 bits per heavy atom. The van der Waals surface area contributed by atoms with E-state index >= 15 is 0 Å². The van der Waals surface area contributed by atoms with E-state index in [4.69, 9.17) is 5.73 Å². The standard InChI is InChI=1S/C18H15N/c19-18-13-7-6-12-17(18)16-11-5-4-10-15(16)14-8-2-1-3-9-14/h1-13H,19H2. The molecule has 0 saturated carbocycles. The second kappa shape index (κ2) is 4.99. The summed E-state index contributed by atoms with van der Waals surface area (Å²) in [6, 6.07) is 26.7. The van der Waals surface area contributed by atoms with Gasteiger partial charge in [-0.1, -0.05) is 72.8 Å². The molecule has 1 heteroatoms. The van der Waals surface area contributed by atoms with E-state index in [0.29, 0.717) is 0 Å². The predicted molar refractivity (Wildman–Crippen MR) is 81.7 cm³/mol. The molecule has 3 aromatic rings. The lowest BCUT2D eigenvalue weighted by Gasteiger charge is -2.11. The Morgan fingerprint density at radius 3 is 1.68 bits per heavy atom. The number of nitrogen functional groups attached to an aromatic ring is 1. The zero-order chi connectivity index (χ0) is 13.1. The van der Waals surface area contributed by atoms with Crippen LogP contribution >= 0.6 is 0 Å². The topological polar surface area (TPSA) is 26.0 Å². The molecule has 0 amide bonds. The zero-order valence-electron chi connectivity index (χ0n) is 10.6. The molecule has 0 fully saturated rings. The number of nitrogens with two attached hydrogens (primary N) is 1. The van der Waals surface area contributed by atoms with E-state index in [1.54, 1.807) is 0 Å². The first kappa shape index (κ1) is 11.5. The van der Waals surface area contributed by atoms with Gasteiger partial charge < -0.3 is 5.73 Å². The van der Waals surface area contributed by atoms with Crippen molar-refractivity contribution in [2.24, 2.45) is 0 Å². The second-order valence-electron chi connectivity index (χ2n) is 4.50. The van der Waals surface area contributed by atoms with Crippen LogP contribution < -0.4 is 5.73 Å². The summed E-state index contributed by atoms with van der Waals surface area (Å²) in [5.41, 5.74) is 11.6. The van der Waals surface area contributed by atoms with Crippen LogP contribution in [0.1, 0.15) is 0 Å². The van der Waals surface area contributed by atoms with Crippen LogP contribution in [0.15, 0.2) is 78.9 Å². The van der Waals surface area contributed by atoms with Gasteiger partial charge in [0.1, 0.15) is 0 Å². The average Bonchev–Trinajstić information content (AvgIpc) is 2.49. The number of benzene rings is 3. The number of rotatable bonds is 2. The Kier molecular flexibility index (Phi) is 3.03. The fraction of sp³-hybridized carbons (Fsp3) is 0. The Labute approximate surface area is 113 Å². The van der Waals surface area contributed by atoms with Crippen molar-refractivity contribution >= 4 is 5.69 Å². The van der Waals surface area contributed by atoms with E-state index in [2.05, 4.69) is 48.5 Å². The summed E-state index contributed by atoms with van der Waals surface area (Å²) >= 11 is 0. The summed E-state index contributed by atoms with van der Waals surface area (Å²) in [6.45, 7) is 0. The van der Waals surface area contributed by atoms with Crippen molar-refractivity contribution in [3.05, 3.63) is 78.9 Å². The third kappa shape index (κ3) is 2.23. The normalized spacial score (nSPS) is 10.3. The highest BCUT2D eigenvalue weighted by molar-refractivity contribution is 5.88. The fourth-order valence-electron chi connectivity index (χ4n) is 2.33. The van der Waals surface area contributed by atoms with E-state index < -0.39 is 0 Å². The summed E-state index contributed by atoms with van der Waals surface area (Å²) in [5, 5.41) is 0. The van der Waals surface area contributed by atoms with Crippen molar-refractivity contribution in [3.63, 3.8) is 0 Å². The molecular weight excluding hydrogens is 230 g/mol. The van der Waals surface area contributed by atoms with Gasteiger partial charge in [-0.25, -0.2) is 0 Å². The SMILES string of the molecule is Nc1ccccc1-c1ccccc1-c1ccccc1. The molecule has 0 atom stereocenters. The maximum Gasteiger partial charge on any atom is 0.0393 e. The second-order valence-corrected chi connectivity index (χ2v) is 4.50.